The highest BCUT2D eigenvalue weighted by molar-refractivity contribution is 7.14. The predicted octanol–water partition coefficient (Wildman–Crippen LogP) is 3.26. The zero-order valence-corrected chi connectivity index (χ0v) is 15.6. The van der Waals surface area contributed by atoms with Gasteiger partial charge in [-0.25, -0.2) is 0 Å². The van der Waals surface area contributed by atoms with Crippen LogP contribution in [-0.2, 0) is 15.8 Å². The number of benzene rings is 1. The summed E-state index contributed by atoms with van der Waals surface area (Å²) in [6.07, 6.45) is -4.65. The molecular weight excluding hydrogens is 397 g/mol. The van der Waals surface area contributed by atoms with Crippen molar-refractivity contribution in [1.82, 2.24) is 10.9 Å². The van der Waals surface area contributed by atoms with E-state index in [0.717, 1.165) is 23.1 Å². The van der Waals surface area contributed by atoms with Crippen LogP contribution in [0.15, 0.2) is 36.4 Å². The molecule has 2 amide bonds. The van der Waals surface area contributed by atoms with E-state index in [1.807, 2.05) is 13.0 Å². The molecule has 150 valence electrons. The van der Waals surface area contributed by atoms with E-state index in [1.54, 1.807) is 6.07 Å². The van der Waals surface area contributed by atoms with Crippen molar-refractivity contribution in [3.05, 3.63) is 51.7 Å². The van der Waals surface area contributed by atoms with Crippen molar-refractivity contribution in [3.8, 4) is 5.75 Å². The number of hydrogen-bond donors (Lipinski definition) is 2. The van der Waals surface area contributed by atoms with Crippen molar-refractivity contribution in [2.24, 2.45) is 0 Å². The molecule has 2 rings (SSSR count). The summed E-state index contributed by atoms with van der Waals surface area (Å²) in [5.74, 6) is -1.64. The van der Waals surface area contributed by atoms with Gasteiger partial charge in [0.15, 0.2) is 12.4 Å². The molecule has 0 fully saturated rings. The molecule has 2 aromatic rings. The SMILES string of the molecule is Cc1ccc(C(=O)CCC(=O)NNC(=O)COc2cccc(C(F)(F)F)c2)s1. The van der Waals surface area contributed by atoms with E-state index in [1.165, 1.54) is 17.4 Å². The predicted molar refractivity (Wildman–Crippen MR) is 95.8 cm³/mol. The van der Waals surface area contributed by atoms with Crippen LogP contribution in [0, 0.1) is 6.92 Å². The minimum atomic E-state index is -4.52. The second-order valence-electron chi connectivity index (χ2n) is 5.74. The van der Waals surface area contributed by atoms with Gasteiger partial charge in [-0.05, 0) is 37.3 Å². The minimum absolute atomic E-state index is 0.0115. The molecule has 2 N–H and O–H groups in total. The highest BCUT2D eigenvalue weighted by Gasteiger charge is 2.30. The molecule has 0 unspecified atom stereocenters. The van der Waals surface area contributed by atoms with Crippen molar-refractivity contribution in [1.29, 1.82) is 0 Å². The maximum absolute atomic E-state index is 12.6. The summed E-state index contributed by atoms with van der Waals surface area (Å²) in [6.45, 7) is 1.28. The zero-order chi connectivity index (χ0) is 20.7. The van der Waals surface area contributed by atoms with Gasteiger partial charge in [0, 0.05) is 17.7 Å². The lowest BCUT2D eigenvalue weighted by molar-refractivity contribution is -0.137. The van der Waals surface area contributed by atoms with Crippen LogP contribution in [0.1, 0.15) is 33.0 Å². The minimum Gasteiger partial charge on any atom is -0.484 e. The molecule has 0 bridgehead atoms. The van der Waals surface area contributed by atoms with Crippen LogP contribution >= 0.6 is 11.3 Å². The van der Waals surface area contributed by atoms with Crippen LogP contribution in [0.4, 0.5) is 13.2 Å². The average molecular weight is 414 g/mol. The molecule has 0 spiro atoms. The van der Waals surface area contributed by atoms with Gasteiger partial charge in [-0.3, -0.25) is 25.2 Å². The first-order chi connectivity index (χ1) is 13.1. The number of carbonyl (C=O) groups is 3. The van der Waals surface area contributed by atoms with Crippen molar-refractivity contribution in [2.45, 2.75) is 25.9 Å². The molecular formula is C18H17F3N2O4S. The van der Waals surface area contributed by atoms with Crippen molar-refractivity contribution in [3.63, 3.8) is 0 Å². The lowest BCUT2D eigenvalue weighted by atomic mass is 10.2. The first kappa shape index (κ1) is 21.4. The molecule has 1 heterocycles. The third-order valence-corrected chi connectivity index (χ3v) is 4.51. The first-order valence-corrected chi connectivity index (χ1v) is 8.94. The Labute approximate surface area is 162 Å². The largest absolute Gasteiger partial charge is 0.484 e. The summed E-state index contributed by atoms with van der Waals surface area (Å²) in [5, 5.41) is 0. The van der Waals surface area contributed by atoms with Crippen molar-refractivity contribution < 1.29 is 32.3 Å². The van der Waals surface area contributed by atoms with E-state index in [0.29, 0.717) is 4.88 Å². The molecule has 1 aromatic carbocycles. The molecule has 0 aliphatic rings. The topological polar surface area (TPSA) is 84.5 Å². The smallest absolute Gasteiger partial charge is 0.416 e. The fourth-order valence-electron chi connectivity index (χ4n) is 2.08. The quantitative estimate of drug-likeness (QED) is 0.538. The molecule has 0 saturated heterocycles. The van der Waals surface area contributed by atoms with Crippen LogP contribution < -0.4 is 15.6 Å². The van der Waals surface area contributed by atoms with E-state index in [-0.39, 0.29) is 24.4 Å². The Kier molecular flexibility index (Phi) is 7.16. The normalized spacial score (nSPS) is 11.0. The molecule has 0 atom stereocenters. The third-order valence-electron chi connectivity index (χ3n) is 3.47. The molecule has 0 radical (unpaired) electrons. The van der Waals surface area contributed by atoms with E-state index in [4.69, 9.17) is 4.74 Å². The summed E-state index contributed by atoms with van der Waals surface area (Å²) >= 11 is 1.33. The Morgan fingerprint density at radius 3 is 2.39 bits per heavy atom. The van der Waals surface area contributed by atoms with Gasteiger partial charge >= 0.3 is 6.18 Å². The number of hydrogen-bond acceptors (Lipinski definition) is 5. The van der Waals surface area contributed by atoms with Crippen LogP contribution in [0.3, 0.4) is 0 Å². The highest BCUT2D eigenvalue weighted by atomic mass is 32.1. The number of Topliss-reactive ketones (excluding diaryl/α,β-unsaturated/α-hetero) is 1. The molecule has 6 nitrogen and oxygen atoms in total. The Balaban J connectivity index is 1.70. The number of nitrogens with one attached hydrogen (secondary N) is 2. The highest BCUT2D eigenvalue weighted by Crippen LogP contribution is 2.31. The summed E-state index contributed by atoms with van der Waals surface area (Å²) in [5.41, 5.74) is 3.29. The Hall–Kier alpha value is -2.88. The number of hydrazine groups is 1. The maximum Gasteiger partial charge on any atom is 0.416 e. The Bertz CT molecular complexity index is 865. The van der Waals surface area contributed by atoms with Gasteiger partial charge in [0.2, 0.25) is 5.91 Å². The Morgan fingerprint density at radius 1 is 1.04 bits per heavy atom. The van der Waals surface area contributed by atoms with E-state index in [9.17, 15) is 27.6 Å². The van der Waals surface area contributed by atoms with Crippen LogP contribution in [0.2, 0.25) is 0 Å². The summed E-state index contributed by atoms with van der Waals surface area (Å²) in [7, 11) is 0. The van der Waals surface area contributed by atoms with Crippen molar-refractivity contribution in [2.75, 3.05) is 6.61 Å². The molecule has 10 heteroatoms. The lowest BCUT2D eigenvalue weighted by Crippen LogP contribution is -2.43. The zero-order valence-electron chi connectivity index (χ0n) is 14.8. The van der Waals surface area contributed by atoms with Gasteiger partial charge in [0.05, 0.1) is 10.4 Å². The molecule has 0 aliphatic heterocycles. The first-order valence-electron chi connectivity index (χ1n) is 8.12. The Morgan fingerprint density at radius 2 is 1.75 bits per heavy atom. The fraction of sp³-hybridized carbons (Fsp3) is 0.278. The van der Waals surface area contributed by atoms with Crippen LogP contribution in [0.5, 0.6) is 5.75 Å². The standard InChI is InChI=1S/C18H17F3N2O4S/c1-11-5-7-15(28-11)14(24)6-8-16(25)22-23-17(26)10-27-13-4-2-3-12(9-13)18(19,20)21/h2-5,7,9H,6,8,10H2,1H3,(H,22,25)(H,23,26). The monoisotopic (exact) mass is 414 g/mol. The van der Waals surface area contributed by atoms with E-state index < -0.39 is 30.2 Å². The second-order valence-corrected chi connectivity index (χ2v) is 7.03. The lowest BCUT2D eigenvalue weighted by Gasteiger charge is -2.11. The van der Waals surface area contributed by atoms with Gasteiger partial charge in [-0.1, -0.05) is 6.07 Å². The number of ketones is 1. The van der Waals surface area contributed by atoms with Crippen LogP contribution in [0.25, 0.3) is 0 Å². The number of aryl methyl sites for hydroxylation is 1. The maximum atomic E-state index is 12.6. The molecule has 0 saturated carbocycles. The van der Waals surface area contributed by atoms with Gasteiger partial charge in [0.1, 0.15) is 5.75 Å². The number of ether oxygens (including phenoxy) is 1. The molecule has 1 aromatic heterocycles. The van der Waals surface area contributed by atoms with E-state index >= 15 is 0 Å². The van der Waals surface area contributed by atoms with Gasteiger partial charge in [0.25, 0.3) is 5.91 Å². The number of alkyl halides is 3. The van der Waals surface area contributed by atoms with E-state index in [2.05, 4.69) is 10.9 Å². The average Bonchev–Trinajstić information content (AvgIpc) is 3.08. The number of carbonyl (C=O) groups excluding carboxylic acids is 3. The number of amides is 2. The summed E-state index contributed by atoms with van der Waals surface area (Å²) in [4.78, 5) is 36.8. The molecule has 0 aliphatic carbocycles. The second kappa shape index (κ2) is 9.36. The van der Waals surface area contributed by atoms with Gasteiger partial charge in [-0.15, -0.1) is 11.3 Å². The van der Waals surface area contributed by atoms with Crippen LogP contribution in [-0.4, -0.2) is 24.2 Å². The molecule has 28 heavy (non-hydrogen) atoms. The number of thiophene rings is 1. The fourth-order valence-corrected chi connectivity index (χ4v) is 2.92. The van der Waals surface area contributed by atoms with Gasteiger partial charge in [-0.2, -0.15) is 13.2 Å². The summed E-state index contributed by atoms with van der Waals surface area (Å²) in [6, 6.07) is 7.58. The summed E-state index contributed by atoms with van der Waals surface area (Å²) < 4.78 is 42.8. The third kappa shape index (κ3) is 6.69. The number of rotatable bonds is 7. The van der Waals surface area contributed by atoms with Gasteiger partial charge < -0.3 is 4.74 Å². The van der Waals surface area contributed by atoms with Crippen molar-refractivity contribution >= 4 is 28.9 Å². The number of halogens is 3.